The van der Waals surface area contributed by atoms with E-state index in [0.29, 0.717) is 0 Å². The fraction of sp³-hybridized carbons (Fsp3) is 1.00. The largest absolute Gasteiger partial charge is 0.127 e. The lowest BCUT2D eigenvalue weighted by Crippen LogP contribution is -1.79. The highest BCUT2D eigenvalue weighted by atomic mass is 35.5. The second-order valence-corrected chi connectivity index (χ2v) is 3.18. The summed E-state index contributed by atoms with van der Waals surface area (Å²) in [5.41, 5.74) is 0. The van der Waals surface area contributed by atoms with E-state index in [1.807, 2.05) is 0 Å². The Bertz CT molecular complexity index is 70.8. The molecule has 1 saturated carbocycles. The second-order valence-electron chi connectivity index (χ2n) is 2.80. The highest BCUT2D eigenvalue weighted by Crippen LogP contribution is 2.41. The molecule has 8 heavy (non-hydrogen) atoms. The Hall–Kier alpha value is 0.290. The summed E-state index contributed by atoms with van der Waals surface area (Å²) < 4.78 is 0. The van der Waals surface area contributed by atoms with Crippen molar-refractivity contribution in [3.8, 4) is 0 Å². The van der Waals surface area contributed by atoms with Crippen LogP contribution in [0.3, 0.4) is 0 Å². The molecule has 0 aromatic rings. The van der Waals surface area contributed by atoms with Gasteiger partial charge in [-0.3, -0.25) is 0 Å². The maximum atomic E-state index is 5.52. The molecule has 0 spiro atoms. The molecule has 0 N–H and O–H groups in total. The van der Waals surface area contributed by atoms with E-state index in [0.717, 1.165) is 17.7 Å². The monoisotopic (exact) mass is 132 g/mol. The minimum atomic E-state index is 0.850. The minimum absolute atomic E-state index is 0.850. The van der Waals surface area contributed by atoms with Crippen molar-refractivity contribution >= 4 is 11.6 Å². The number of alkyl halides is 1. The Morgan fingerprint density at radius 1 is 1.62 bits per heavy atom. The molecule has 0 aromatic carbocycles. The van der Waals surface area contributed by atoms with Crippen LogP contribution >= 0.6 is 11.6 Å². The van der Waals surface area contributed by atoms with Crippen molar-refractivity contribution in [2.45, 2.75) is 26.2 Å². The first-order chi connectivity index (χ1) is 3.84. The van der Waals surface area contributed by atoms with E-state index >= 15 is 0 Å². The highest BCUT2D eigenvalue weighted by Gasteiger charge is 2.30. The summed E-state index contributed by atoms with van der Waals surface area (Å²) in [5, 5.41) is 0. The Morgan fingerprint density at radius 2 is 2.25 bits per heavy atom. The van der Waals surface area contributed by atoms with Crippen LogP contribution in [-0.2, 0) is 0 Å². The first-order valence-corrected chi connectivity index (χ1v) is 3.94. The van der Waals surface area contributed by atoms with Crippen molar-refractivity contribution in [3.63, 3.8) is 0 Å². The van der Waals surface area contributed by atoms with Crippen LogP contribution in [0.4, 0.5) is 0 Å². The first kappa shape index (κ1) is 6.41. The SMILES string of the molecule is CC1C[C@H]1CCCCl. The third kappa shape index (κ3) is 1.66. The number of hydrogen-bond acceptors (Lipinski definition) is 0. The summed E-state index contributed by atoms with van der Waals surface area (Å²) >= 11 is 5.52. The van der Waals surface area contributed by atoms with Crippen molar-refractivity contribution in [3.05, 3.63) is 0 Å². The van der Waals surface area contributed by atoms with E-state index in [1.54, 1.807) is 0 Å². The molecule has 1 unspecified atom stereocenters. The minimum Gasteiger partial charge on any atom is -0.127 e. The van der Waals surface area contributed by atoms with E-state index in [1.165, 1.54) is 19.3 Å². The van der Waals surface area contributed by atoms with E-state index in [-0.39, 0.29) is 0 Å². The van der Waals surface area contributed by atoms with E-state index < -0.39 is 0 Å². The number of halogens is 1. The molecule has 1 fully saturated rings. The average molecular weight is 133 g/mol. The summed E-state index contributed by atoms with van der Waals surface area (Å²) in [6.07, 6.45) is 4.04. The van der Waals surface area contributed by atoms with E-state index in [9.17, 15) is 0 Å². The van der Waals surface area contributed by atoms with Crippen molar-refractivity contribution < 1.29 is 0 Å². The zero-order valence-electron chi connectivity index (χ0n) is 5.36. The molecule has 0 heterocycles. The molecule has 0 bridgehead atoms. The smallest absolute Gasteiger partial charge is 0.0223 e. The van der Waals surface area contributed by atoms with Crippen LogP contribution < -0.4 is 0 Å². The fourth-order valence-electron chi connectivity index (χ4n) is 1.14. The van der Waals surface area contributed by atoms with Crippen molar-refractivity contribution in [2.24, 2.45) is 11.8 Å². The van der Waals surface area contributed by atoms with Gasteiger partial charge in [-0.15, -0.1) is 11.6 Å². The van der Waals surface area contributed by atoms with Crippen molar-refractivity contribution in [1.29, 1.82) is 0 Å². The normalized spacial score (nSPS) is 35.2. The Morgan fingerprint density at radius 3 is 2.62 bits per heavy atom. The van der Waals surface area contributed by atoms with Gasteiger partial charge >= 0.3 is 0 Å². The van der Waals surface area contributed by atoms with Gasteiger partial charge in [0, 0.05) is 5.88 Å². The Labute approximate surface area is 56.2 Å². The highest BCUT2D eigenvalue weighted by molar-refractivity contribution is 6.17. The Balaban J connectivity index is 1.89. The number of hydrogen-bond donors (Lipinski definition) is 0. The molecule has 48 valence electrons. The molecule has 0 aromatic heterocycles. The predicted octanol–water partition coefficient (Wildman–Crippen LogP) is 2.66. The summed E-state index contributed by atoms with van der Waals surface area (Å²) in [5.74, 6) is 2.90. The van der Waals surface area contributed by atoms with Crippen molar-refractivity contribution in [1.82, 2.24) is 0 Å². The summed E-state index contributed by atoms with van der Waals surface area (Å²) in [6, 6.07) is 0. The van der Waals surface area contributed by atoms with Gasteiger partial charge in [0.05, 0.1) is 0 Å². The first-order valence-electron chi connectivity index (χ1n) is 3.40. The van der Waals surface area contributed by atoms with Gasteiger partial charge in [-0.2, -0.15) is 0 Å². The molecule has 0 radical (unpaired) electrons. The third-order valence-electron chi connectivity index (χ3n) is 1.98. The van der Waals surface area contributed by atoms with E-state index in [4.69, 9.17) is 11.6 Å². The molecule has 2 atom stereocenters. The molecule has 0 saturated heterocycles. The molecular weight excluding hydrogens is 120 g/mol. The van der Waals surface area contributed by atoms with Gasteiger partial charge in [0.1, 0.15) is 0 Å². The van der Waals surface area contributed by atoms with Gasteiger partial charge in [-0.25, -0.2) is 0 Å². The average Bonchev–Trinajstić information content (AvgIpc) is 2.42. The number of rotatable bonds is 3. The van der Waals surface area contributed by atoms with Gasteiger partial charge in [0.25, 0.3) is 0 Å². The fourth-order valence-corrected chi connectivity index (χ4v) is 1.29. The zero-order chi connectivity index (χ0) is 5.98. The third-order valence-corrected chi connectivity index (χ3v) is 2.25. The van der Waals surface area contributed by atoms with Gasteiger partial charge in [-0.1, -0.05) is 6.92 Å². The summed E-state index contributed by atoms with van der Waals surface area (Å²) in [6.45, 7) is 2.32. The van der Waals surface area contributed by atoms with Crippen LogP contribution in [-0.4, -0.2) is 5.88 Å². The summed E-state index contributed by atoms with van der Waals surface area (Å²) in [7, 11) is 0. The van der Waals surface area contributed by atoms with Crippen LogP contribution in [0.2, 0.25) is 0 Å². The van der Waals surface area contributed by atoms with Gasteiger partial charge in [0.15, 0.2) is 0 Å². The predicted molar refractivity (Wildman–Crippen MR) is 37.2 cm³/mol. The van der Waals surface area contributed by atoms with Crippen LogP contribution in [0.5, 0.6) is 0 Å². The maximum absolute atomic E-state index is 5.52. The van der Waals surface area contributed by atoms with Crippen LogP contribution in [0.1, 0.15) is 26.2 Å². The van der Waals surface area contributed by atoms with E-state index in [2.05, 4.69) is 6.92 Å². The Kier molecular flexibility index (Phi) is 2.18. The molecular formula is C7H13Cl. The van der Waals surface area contributed by atoms with Gasteiger partial charge < -0.3 is 0 Å². The van der Waals surface area contributed by atoms with Crippen LogP contribution in [0.15, 0.2) is 0 Å². The van der Waals surface area contributed by atoms with Crippen LogP contribution in [0, 0.1) is 11.8 Å². The molecule has 1 heteroatoms. The van der Waals surface area contributed by atoms with Crippen molar-refractivity contribution in [2.75, 3.05) is 5.88 Å². The summed E-state index contributed by atoms with van der Waals surface area (Å²) in [4.78, 5) is 0. The van der Waals surface area contributed by atoms with Gasteiger partial charge in [-0.05, 0) is 31.1 Å². The lowest BCUT2D eigenvalue weighted by Gasteiger charge is -1.90. The molecule has 0 nitrogen and oxygen atoms in total. The zero-order valence-corrected chi connectivity index (χ0v) is 6.12. The molecule has 1 aliphatic carbocycles. The lowest BCUT2D eigenvalue weighted by atomic mass is 10.2. The molecule has 0 amide bonds. The molecule has 0 aliphatic heterocycles. The topological polar surface area (TPSA) is 0 Å². The van der Waals surface area contributed by atoms with Gasteiger partial charge in [0.2, 0.25) is 0 Å². The quantitative estimate of drug-likeness (QED) is 0.518. The molecule has 1 rings (SSSR count). The standard InChI is InChI=1S/C7H13Cl/c1-6-5-7(6)3-2-4-8/h6-7H,2-5H2,1H3/t6?,7-/m1/s1. The van der Waals surface area contributed by atoms with Crippen LogP contribution in [0.25, 0.3) is 0 Å². The second kappa shape index (κ2) is 2.72. The maximum Gasteiger partial charge on any atom is 0.0223 e. The molecule has 1 aliphatic rings. The lowest BCUT2D eigenvalue weighted by molar-refractivity contribution is 0.662.